The van der Waals surface area contributed by atoms with E-state index in [1.165, 1.54) is 28.6 Å². The molecule has 2 aliphatic carbocycles. The minimum Gasteiger partial charge on any atom is -0.504 e. The monoisotopic (exact) mass is 449 g/mol. The molecule has 0 spiro atoms. The average Bonchev–Trinajstić information content (AvgIpc) is 3.02. The number of rotatable bonds is 3. The molecule has 0 unspecified atom stereocenters. The fraction of sp³-hybridized carbons (Fsp3) is 0.333. The van der Waals surface area contributed by atoms with Crippen molar-refractivity contribution in [3.63, 3.8) is 0 Å². The Kier molecular flexibility index (Phi) is 4.66. The summed E-state index contributed by atoms with van der Waals surface area (Å²) in [5, 5.41) is 10.2. The van der Waals surface area contributed by atoms with Gasteiger partial charge in [0.05, 0.1) is 19.2 Å². The zero-order valence-electron chi connectivity index (χ0n) is 18.5. The third-order valence-electron chi connectivity index (χ3n) is 6.64. The maximum atomic E-state index is 13.3. The van der Waals surface area contributed by atoms with Crippen molar-refractivity contribution in [2.45, 2.75) is 38.8 Å². The quantitative estimate of drug-likeness (QED) is 0.562. The van der Waals surface area contributed by atoms with Gasteiger partial charge in [-0.25, -0.2) is 23.5 Å². The normalized spacial score (nSPS) is 21.8. The Morgan fingerprint density at radius 1 is 1.15 bits per heavy atom. The summed E-state index contributed by atoms with van der Waals surface area (Å²) in [6.45, 7) is 3.93. The van der Waals surface area contributed by atoms with Crippen LogP contribution in [0.15, 0.2) is 62.2 Å². The van der Waals surface area contributed by atoms with E-state index in [0.29, 0.717) is 28.9 Å². The van der Waals surface area contributed by atoms with Crippen LogP contribution in [0.4, 0.5) is 0 Å². The maximum absolute atomic E-state index is 13.3. The van der Waals surface area contributed by atoms with Crippen LogP contribution in [0, 0.1) is 0 Å². The standard InChI is InChI=1S/C24H23N3O6/c1-4-33-19-10-13(5-6-17(19)28)20-14-7-8-26-23(31)25(3)24(32)27(26)16(14)11-15-18(29)9-12(2)22(30)21(15)20/h5-7,9-10,16,20,28H,4,8,11H2,1-3H3/t16-,20+/m1/s1. The van der Waals surface area contributed by atoms with Crippen molar-refractivity contribution in [2.75, 3.05) is 6.61 Å². The van der Waals surface area contributed by atoms with E-state index < -0.39 is 23.3 Å². The lowest BCUT2D eigenvalue weighted by molar-refractivity contribution is -0.116. The van der Waals surface area contributed by atoms with E-state index in [1.54, 1.807) is 26.0 Å². The van der Waals surface area contributed by atoms with Crippen LogP contribution in [0.5, 0.6) is 11.5 Å². The number of aromatic nitrogens is 3. The Hall–Kier alpha value is -3.88. The molecule has 1 N–H and O–H groups in total. The van der Waals surface area contributed by atoms with Crippen molar-refractivity contribution in [3.8, 4) is 11.5 Å². The Balaban J connectivity index is 1.77. The van der Waals surface area contributed by atoms with Gasteiger partial charge in [0.15, 0.2) is 23.1 Å². The van der Waals surface area contributed by atoms with E-state index in [9.17, 15) is 24.3 Å². The van der Waals surface area contributed by atoms with Crippen molar-refractivity contribution in [2.24, 2.45) is 7.05 Å². The summed E-state index contributed by atoms with van der Waals surface area (Å²) in [7, 11) is 1.42. The van der Waals surface area contributed by atoms with Gasteiger partial charge < -0.3 is 9.84 Å². The first-order valence-corrected chi connectivity index (χ1v) is 10.8. The van der Waals surface area contributed by atoms with Gasteiger partial charge in [-0.15, -0.1) is 0 Å². The van der Waals surface area contributed by atoms with Gasteiger partial charge in [-0.2, -0.15) is 0 Å². The third kappa shape index (κ3) is 2.92. The first-order valence-electron chi connectivity index (χ1n) is 10.8. The smallest absolute Gasteiger partial charge is 0.347 e. The van der Waals surface area contributed by atoms with Gasteiger partial charge in [0.1, 0.15) is 0 Å². The second-order valence-electron chi connectivity index (χ2n) is 8.48. The number of phenolic OH excluding ortho intramolecular Hbond substituents is 1. The highest BCUT2D eigenvalue weighted by atomic mass is 16.5. The molecule has 33 heavy (non-hydrogen) atoms. The van der Waals surface area contributed by atoms with E-state index in [2.05, 4.69) is 0 Å². The Bertz CT molecular complexity index is 1450. The van der Waals surface area contributed by atoms with Crippen LogP contribution >= 0.6 is 0 Å². The number of phenols is 1. The molecule has 0 fully saturated rings. The molecule has 0 bridgehead atoms. The molecule has 1 aliphatic heterocycles. The molecule has 3 aliphatic rings. The number of fused-ring (bicyclic) bond motifs is 3. The number of Topliss-reactive ketones (excluding diaryl/α,β-unsaturated/α-hetero) is 1. The minimum atomic E-state index is -0.616. The first kappa shape index (κ1) is 21.0. The summed E-state index contributed by atoms with van der Waals surface area (Å²) in [6, 6.07) is 4.27. The molecular weight excluding hydrogens is 426 g/mol. The van der Waals surface area contributed by atoms with Crippen LogP contribution in [-0.2, 0) is 23.2 Å². The number of carbonyl (C=O) groups is 2. The van der Waals surface area contributed by atoms with Crippen molar-refractivity contribution >= 4 is 11.6 Å². The van der Waals surface area contributed by atoms with Crippen molar-refractivity contribution in [1.29, 1.82) is 0 Å². The molecule has 2 aromatic rings. The zero-order valence-corrected chi connectivity index (χ0v) is 18.5. The second kappa shape index (κ2) is 7.33. The number of benzene rings is 1. The second-order valence-corrected chi connectivity index (χ2v) is 8.48. The van der Waals surface area contributed by atoms with Gasteiger partial charge in [-0.3, -0.25) is 9.59 Å². The van der Waals surface area contributed by atoms with E-state index in [0.717, 1.165) is 10.1 Å². The van der Waals surface area contributed by atoms with Gasteiger partial charge >= 0.3 is 11.4 Å². The molecule has 0 amide bonds. The van der Waals surface area contributed by atoms with Crippen LogP contribution in [0.1, 0.15) is 37.8 Å². The molecule has 9 nitrogen and oxygen atoms in total. The summed E-state index contributed by atoms with van der Waals surface area (Å²) in [5.41, 5.74) is 1.62. The lowest BCUT2D eigenvalue weighted by atomic mass is 9.68. The molecule has 2 atom stereocenters. The molecule has 1 aromatic carbocycles. The van der Waals surface area contributed by atoms with E-state index in [4.69, 9.17) is 4.74 Å². The Morgan fingerprint density at radius 2 is 1.91 bits per heavy atom. The largest absolute Gasteiger partial charge is 0.504 e. The van der Waals surface area contributed by atoms with Gasteiger partial charge in [0.25, 0.3) is 0 Å². The topological polar surface area (TPSA) is 113 Å². The molecule has 2 heterocycles. The first-order chi connectivity index (χ1) is 15.7. The van der Waals surface area contributed by atoms with Gasteiger partial charge in [-0.1, -0.05) is 12.1 Å². The maximum Gasteiger partial charge on any atom is 0.347 e. The Labute approximate surface area is 188 Å². The molecule has 0 saturated heterocycles. The number of ketones is 2. The predicted octanol–water partition coefficient (Wildman–Crippen LogP) is 1.52. The SMILES string of the molecule is CCOc1cc([C@H]2C3=CCn4c(=O)n(C)c(=O)n4[C@@H]3CC3=C2C(=O)C(C)=CC3=O)ccc1O. The van der Waals surface area contributed by atoms with E-state index >= 15 is 0 Å². The number of ether oxygens (including phenoxy) is 1. The Morgan fingerprint density at radius 3 is 2.64 bits per heavy atom. The lowest BCUT2D eigenvalue weighted by Gasteiger charge is -2.39. The number of nitrogens with zero attached hydrogens (tertiary/aromatic N) is 3. The highest BCUT2D eigenvalue weighted by molar-refractivity contribution is 6.23. The van der Waals surface area contributed by atoms with Crippen LogP contribution in [0.2, 0.25) is 0 Å². The molecule has 0 saturated carbocycles. The summed E-state index contributed by atoms with van der Waals surface area (Å²) in [6.07, 6.45) is 3.34. The number of carbonyl (C=O) groups excluding carboxylic acids is 2. The molecule has 5 rings (SSSR count). The summed E-state index contributed by atoms with van der Waals surface area (Å²) in [4.78, 5) is 51.8. The predicted molar refractivity (Wildman–Crippen MR) is 118 cm³/mol. The lowest BCUT2D eigenvalue weighted by Crippen LogP contribution is -2.40. The fourth-order valence-electron chi connectivity index (χ4n) is 5.10. The van der Waals surface area contributed by atoms with Crippen LogP contribution in [-0.4, -0.2) is 37.2 Å². The molecule has 170 valence electrons. The van der Waals surface area contributed by atoms with Gasteiger partial charge in [-0.05, 0) is 43.2 Å². The van der Waals surface area contributed by atoms with Crippen molar-refractivity contribution < 1.29 is 19.4 Å². The van der Waals surface area contributed by atoms with Crippen LogP contribution < -0.4 is 16.1 Å². The zero-order chi connectivity index (χ0) is 23.6. The van der Waals surface area contributed by atoms with Gasteiger partial charge in [0, 0.05) is 36.1 Å². The molecule has 0 radical (unpaired) electrons. The highest BCUT2D eigenvalue weighted by Crippen LogP contribution is 2.50. The van der Waals surface area contributed by atoms with Crippen molar-refractivity contribution in [3.05, 3.63) is 79.2 Å². The summed E-state index contributed by atoms with van der Waals surface area (Å²) >= 11 is 0. The summed E-state index contributed by atoms with van der Waals surface area (Å²) in [5.74, 6) is -0.863. The van der Waals surface area contributed by atoms with Crippen LogP contribution in [0.3, 0.4) is 0 Å². The fourth-order valence-corrected chi connectivity index (χ4v) is 5.10. The number of allylic oxidation sites excluding steroid dienone is 6. The average molecular weight is 449 g/mol. The molecular formula is C24H23N3O6. The number of aromatic hydroxyl groups is 1. The summed E-state index contributed by atoms with van der Waals surface area (Å²) < 4.78 is 9.34. The van der Waals surface area contributed by atoms with E-state index in [-0.39, 0.29) is 36.0 Å². The highest BCUT2D eigenvalue weighted by Gasteiger charge is 2.44. The third-order valence-corrected chi connectivity index (χ3v) is 6.64. The van der Waals surface area contributed by atoms with E-state index in [1.807, 2.05) is 6.08 Å². The number of hydrogen-bond donors (Lipinski definition) is 1. The van der Waals surface area contributed by atoms with Crippen molar-refractivity contribution in [1.82, 2.24) is 13.9 Å². The molecule has 9 heteroatoms. The minimum absolute atomic E-state index is 0.0324. The molecule has 1 aromatic heterocycles. The van der Waals surface area contributed by atoms with Crippen LogP contribution in [0.25, 0.3) is 0 Å². The van der Waals surface area contributed by atoms with Gasteiger partial charge in [0.2, 0.25) is 0 Å². The number of hydrogen-bond acceptors (Lipinski definition) is 6.